The number of nitrogens with zero attached hydrogens (tertiary/aromatic N) is 1. The molecule has 0 aromatic heterocycles. The number of amides is 1. The predicted molar refractivity (Wildman–Crippen MR) is 79.5 cm³/mol. The molecule has 0 fully saturated rings. The average Bonchev–Trinajstić information content (AvgIpc) is 2.48. The molecule has 0 spiro atoms. The number of hydrogen-bond donors (Lipinski definition) is 1. The molecule has 0 aliphatic heterocycles. The van der Waals surface area contributed by atoms with Gasteiger partial charge in [0.05, 0.1) is 11.4 Å². The van der Waals surface area contributed by atoms with Crippen LogP contribution in [0.25, 0.3) is 0 Å². The van der Waals surface area contributed by atoms with Crippen molar-refractivity contribution >= 4 is 16.2 Å². The van der Waals surface area contributed by atoms with E-state index in [4.69, 9.17) is 9.39 Å². The minimum atomic E-state index is -4.20. The number of hydroxylamine groups is 2. The highest BCUT2D eigenvalue weighted by Gasteiger charge is 2.24. The average molecular weight is 321 g/mol. The lowest BCUT2D eigenvalue weighted by molar-refractivity contribution is -0.0369. The van der Waals surface area contributed by atoms with Gasteiger partial charge in [0, 0.05) is 0 Å². The van der Waals surface area contributed by atoms with Crippen LogP contribution in [0.3, 0.4) is 0 Å². The number of rotatable bonds is 5. The standard InChI is InChI=1S/C15H15NO5S/c1-12-7-9-14(10-8-12)22(19,20)21-16(15(17)18)11-13-5-3-2-4-6-13/h2-10H,11H2,1H3,(H,17,18). The monoisotopic (exact) mass is 321 g/mol. The Morgan fingerprint density at radius 1 is 1.09 bits per heavy atom. The smallest absolute Gasteiger partial charge is 0.432 e. The molecule has 1 N–H and O–H groups in total. The number of carbonyl (C=O) groups is 1. The second-order valence-electron chi connectivity index (χ2n) is 4.65. The molecule has 0 radical (unpaired) electrons. The van der Waals surface area contributed by atoms with Gasteiger partial charge in [0.15, 0.2) is 0 Å². The van der Waals surface area contributed by atoms with Crippen LogP contribution >= 0.6 is 0 Å². The minimum absolute atomic E-state index is 0.0996. The van der Waals surface area contributed by atoms with Gasteiger partial charge in [-0.2, -0.15) is 13.5 Å². The summed E-state index contributed by atoms with van der Waals surface area (Å²) in [5.74, 6) is 0. The highest BCUT2D eigenvalue weighted by molar-refractivity contribution is 7.86. The van der Waals surface area contributed by atoms with Crippen LogP contribution in [-0.4, -0.2) is 24.7 Å². The topological polar surface area (TPSA) is 83.9 Å². The molecule has 0 aliphatic carbocycles. The lowest BCUT2D eigenvalue weighted by Crippen LogP contribution is -2.32. The number of carboxylic acid groups (broad SMARTS) is 1. The molecule has 0 heterocycles. The Bertz CT molecular complexity index is 741. The Morgan fingerprint density at radius 2 is 1.68 bits per heavy atom. The molecule has 22 heavy (non-hydrogen) atoms. The van der Waals surface area contributed by atoms with Crippen LogP contribution < -0.4 is 0 Å². The van der Waals surface area contributed by atoms with Crippen LogP contribution in [0.15, 0.2) is 59.5 Å². The third kappa shape index (κ3) is 4.06. The molecular weight excluding hydrogens is 306 g/mol. The number of hydrogen-bond acceptors (Lipinski definition) is 4. The maximum Gasteiger partial charge on any atom is 0.432 e. The van der Waals surface area contributed by atoms with E-state index < -0.39 is 16.2 Å². The molecule has 116 valence electrons. The summed E-state index contributed by atoms with van der Waals surface area (Å²) in [5.41, 5.74) is 1.50. The Morgan fingerprint density at radius 3 is 2.23 bits per heavy atom. The van der Waals surface area contributed by atoms with Gasteiger partial charge in [-0.05, 0) is 24.6 Å². The Balaban J connectivity index is 2.20. The molecule has 0 aliphatic rings. The van der Waals surface area contributed by atoms with Crippen LogP contribution in [0.5, 0.6) is 0 Å². The summed E-state index contributed by atoms with van der Waals surface area (Å²) >= 11 is 0. The molecule has 2 aromatic rings. The zero-order chi connectivity index (χ0) is 16.2. The summed E-state index contributed by atoms with van der Waals surface area (Å²) in [4.78, 5) is 11.1. The molecule has 2 rings (SSSR count). The van der Waals surface area contributed by atoms with Crippen molar-refractivity contribution in [3.8, 4) is 0 Å². The van der Waals surface area contributed by atoms with Gasteiger partial charge in [0.1, 0.15) is 0 Å². The summed E-state index contributed by atoms with van der Waals surface area (Å²) in [7, 11) is -4.20. The summed E-state index contributed by atoms with van der Waals surface area (Å²) in [6.45, 7) is 1.62. The van der Waals surface area contributed by atoms with Crippen LogP contribution in [0.1, 0.15) is 11.1 Å². The lowest BCUT2D eigenvalue weighted by atomic mass is 10.2. The summed E-state index contributed by atoms with van der Waals surface area (Å²) in [5, 5.41) is 9.52. The first-order valence-corrected chi connectivity index (χ1v) is 7.85. The fourth-order valence-electron chi connectivity index (χ4n) is 1.74. The molecule has 0 atom stereocenters. The van der Waals surface area contributed by atoms with Gasteiger partial charge in [-0.3, -0.25) is 0 Å². The fraction of sp³-hybridized carbons (Fsp3) is 0.133. The predicted octanol–water partition coefficient (Wildman–Crippen LogP) is 2.80. The SMILES string of the molecule is Cc1ccc(S(=O)(=O)ON(Cc2ccccc2)C(=O)O)cc1. The molecular formula is C15H15NO5S. The zero-order valence-electron chi connectivity index (χ0n) is 11.8. The van der Waals surface area contributed by atoms with Crippen LogP contribution in [-0.2, 0) is 20.9 Å². The first kappa shape index (κ1) is 16.0. The second-order valence-corrected chi connectivity index (χ2v) is 6.18. The lowest BCUT2D eigenvalue weighted by Gasteiger charge is -2.18. The van der Waals surface area contributed by atoms with Gasteiger partial charge in [0.25, 0.3) is 0 Å². The van der Waals surface area contributed by atoms with Crippen molar-refractivity contribution in [2.75, 3.05) is 0 Å². The Hall–Kier alpha value is -2.38. The van der Waals surface area contributed by atoms with Crippen molar-refractivity contribution in [1.29, 1.82) is 0 Å². The van der Waals surface area contributed by atoms with Crippen molar-refractivity contribution < 1.29 is 22.6 Å². The van der Waals surface area contributed by atoms with Crippen LogP contribution in [0, 0.1) is 6.92 Å². The number of aryl methyl sites for hydroxylation is 1. The summed E-state index contributed by atoms with van der Waals surface area (Å²) in [6.07, 6.45) is -1.49. The van der Waals surface area contributed by atoms with Crippen molar-refractivity contribution in [1.82, 2.24) is 5.06 Å². The fourth-order valence-corrected chi connectivity index (χ4v) is 2.65. The molecule has 7 heteroatoms. The van der Waals surface area contributed by atoms with Gasteiger partial charge in [-0.1, -0.05) is 48.0 Å². The minimum Gasteiger partial charge on any atom is -0.463 e. The van der Waals surface area contributed by atoms with Crippen molar-refractivity contribution in [3.63, 3.8) is 0 Å². The maximum atomic E-state index is 12.1. The third-order valence-corrected chi connectivity index (χ3v) is 4.11. The van der Waals surface area contributed by atoms with E-state index in [9.17, 15) is 13.2 Å². The van der Waals surface area contributed by atoms with Gasteiger partial charge in [-0.15, -0.1) is 4.28 Å². The van der Waals surface area contributed by atoms with Crippen LogP contribution in [0.4, 0.5) is 4.79 Å². The van der Waals surface area contributed by atoms with Gasteiger partial charge in [0.2, 0.25) is 0 Å². The normalized spacial score (nSPS) is 11.1. The van der Waals surface area contributed by atoms with E-state index in [1.165, 1.54) is 12.1 Å². The highest BCUT2D eigenvalue weighted by Crippen LogP contribution is 2.16. The van der Waals surface area contributed by atoms with E-state index in [2.05, 4.69) is 0 Å². The quantitative estimate of drug-likeness (QED) is 0.856. The van der Waals surface area contributed by atoms with Crippen molar-refractivity contribution in [2.45, 2.75) is 18.4 Å². The van der Waals surface area contributed by atoms with E-state index in [1.807, 2.05) is 6.92 Å². The summed E-state index contributed by atoms with van der Waals surface area (Å²) < 4.78 is 29.0. The van der Waals surface area contributed by atoms with E-state index in [1.54, 1.807) is 42.5 Å². The van der Waals surface area contributed by atoms with Crippen molar-refractivity contribution in [3.05, 3.63) is 65.7 Å². The molecule has 2 aromatic carbocycles. The van der Waals surface area contributed by atoms with E-state index in [0.29, 0.717) is 10.6 Å². The van der Waals surface area contributed by atoms with Gasteiger partial charge in [-0.25, -0.2) is 4.79 Å². The molecule has 0 saturated carbocycles. The first-order valence-electron chi connectivity index (χ1n) is 6.44. The van der Waals surface area contributed by atoms with E-state index in [0.717, 1.165) is 5.56 Å². The van der Waals surface area contributed by atoms with Gasteiger partial charge >= 0.3 is 16.2 Å². The first-order chi connectivity index (χ1) is 10.4. The van der Waals surface area contributed by atoms with Crippen LogP contribution in [0.2, 0.25) is 0 Å². The highest BCUT2D eigenvalue weighted by atomic mass is 32.2. The summed E-state index contributed by atoms with van der Waals surface area (Å²) in [6, 6.07) is 14.5. The Kier molecular flexibility index (Phi) is 4.79. The molecule has 1 amide bonds. The molecule has 0 bridgehead atoms. The Labute approximate surface area is 128 Å². The van der Waals surface area contributed by atoms with E-state index >= 15 is 0 Å². The molecule has 0 saturated heterocycles. The maximum absolute atomic E-state index is 12.1. The molecule has 0 unspecified atom stereocenters. The second kappa shape index (κ2) is 6.59. The van der Waals surface area contributed by atoms with Gasteiger partial charge < -0.3 is 5.11 Å². The molecule has 6 nitrogen and oxygen atoms in total. The third-order valence-electron chi connectivity index (χ3n) is 2.88. The number of benzene rings is 2. The van der Waals surface area contributed by atoms with E-state index in [-0.39, 0.29) is 11.4 Å². The largest absolute Gasteiger partial charge is 0.463 e. The van der Waals surface area contributed by atoms with Crippen molar-refractivity contribution in [2.24, 2.45) is 0 Å². The zero-order valence-corrected chi connectivity index (χ0v) is 12.7.